The molecule has 0 unspecified atom stereocenters. The van der Waals surface area contributed by atoms with Crippen LogP contribution in [-0.2, 0) is 5.54 Å². The Morgan fingerprint density at radius 1 is 1.25 bits per heavy atom. The van der Waals surface area contributed by atoms with E-state index in [0.29, 0.717) is 0 Å². The number of nitrogens with one attached hydrogen (secondary N) is 2. The Labute approximate surface area is 136 Å². The first-order valence-corrected chi connectivity index (χ1v) is 8.30. The molecular formula is C16H24BrClN2. The first-order valence-electron chi connectivity index (χ1n) is 7.50. The van der Waals surface area contributed by atoms with E-state index in [2.05, 4.69) is 50.8 Å². The van der Waals surface area contributed by atoms with Crippen LogP contribution in [0.2, 0.25) is 0 Å². The maximum atomic E-state index is 3.90. The van der Waals surface area contributed by atoms with Crippen LogP contribution in [0, 0.1) is 5.92 Å². The van der Waals surface area contributed by atoms with Crippen molar-refractivity contribution in [3.8, 4) is 0 Å². The van der Waals surface area contributed by atoms with Crippen LogP contribution in [0.15, 0.2) is 28.7 Å². The quantitative estimate of drug-likeness (QED) is 0.853. The third kappa shape index (κ3) is 3.56. The molecule has 0 spiro atoms. The summed E-state index contributed by atoms with van der Waals surface area (Å²) in [6.45, 7) is 3.56. The lowest BCUT2D eigenvalue weighted by molar-refractivity contribution is 0.169. The molecule has 1 saturated heterocycles. The van der Waals surface area contributed by atoms with Gasteiger partial charge in [-0.3, -0.25) is 0 Å². The first-order chi connectivity index (χ1) is 9.28. The Balaban J connectivity index is 0.00000147. The second-order valence-electron chi connectivity index (χ2n) is 6.02. The normalized spacial score (nSPS) is 21.9. The molecule has 0 atom stereocenters. The van der Waals surface area contributed by atoms with Crippen LogP contribution in [0.1, 0.15) is 37.7 Å². The minimum Gasteiger partial charge on any atom is -0.317 e. The number of rotatable bonds is 4. The van der Waals surface area contributed by atoms with E-state index in [0.717, 1.165) is 5.92 Å². The van der Waals surface area contributed by atoms with Crippen molar-refractivity contribution in [3.05, 3.63) is 34.3 Å². The molecule has 1 aliphatic carbocycles. The number of hydrogen-bond donors (Lipinski definition) is 2. The predicted octanol–water partition coefficient (Wildman–Crippen LogP) is 3.84. The van der Waals surface area contributed by atoms with E-state index in [1.165, 1.54) is 61.8 Å². The lowest BCUT2D eigenvalue weighted by Gasteiger charge is -2.44. The van der Waals surface area contributed by atoms with E-state index in [9.17, 15) is 0 Å². The van der Waals surface area contributed by atoms with Gasteiger partial charge in [-0.25, -0.2) is 0 Å². The first kappa shape index (κ1) is 16.3. The van der Waals surface area contributed by atoms with Gasteiger partial charge in [0.25, 0.3) is 0 Å². The Morgan fingerprint density at radius 2 is 2.00 bits per heavy atom. The summed E-state index contributed by atoms with van der Waals surface area (Å²) >= 11 is 3.60. The molecule has 20 heavy (non-hydrogen) atoms. The Morgan fingerprint density at radius 3 is 2.60 bits per heavy atom. The van der Waals surface area contributed by atoms with Gasteiger partial charge in [-0.1, -0.05) is 28.1 Å². The zero-order valence-electron chi connectivity index (χ0n) is 11.8. The van der Waals surface area contributed by atoms with Crippen molar-refractivity contribution in [2.24, 2.45) is 5.92 Å². The van der Waals surface area contributed by atoms with Gasteiger partial charge in [-0.2, -0.15) is 0 Å². The van der Waals surface area contributed by atoms with Crippen molar-refractivity contribution in [2.45, 2.75) is 37.6 Å². The van der Waals surface area contributed by atoms with Gasteiger partial charge >= 0.3 is 0 Å². The van der Waals surface area contributed by atoms with Gasteiger partial charge in [-0.05, 0) is 75.4 Å². The molecule has 1 aromatic carbocycles. The van der Waals surface area contributed by atoms with Gasteiger partial charge in [0.2, 0.25) is 0 Å². The molecule has 1 saturated carbocycles. The molecule has 3 rings (SSSR count). The molecule has 2 nitrogen and oxygen atoms in total. The zero-order chi connectivity index (χ0) is 13.1. The van der Waals surface area contributed by atoms with Crippen molar-refractivity contribution in [1.82, 2.24) is 10.6 Å². The molecule has 112 valence electrons. The third-order valence-electron chi connectivity index (χ3n) is 4.77. The van der Waals surface area contributed by atoms with Crippen LogP contribution >= 0.6 is 28.3 Å². The number of hydrogen-bond acceptors (Lipinski definition) is 2. The van der Waals surface area contributed by atoms with Gasteiger partial charge in [0, 0.05) is 10.0 Å². The topological polar surface area (TPSA) is 24.1 Å². The number of piperidine rings is 1. The highest BCUT2D eigenvalue weighted by molar-refractivity contribution is 9.10. The monoisotopic (exact) mass is 358 g/mol. The van der Waals surface area contributed by atoms with Crippen molar-refractivity contribution < 1.29 is 0 Å². The van der Waals surface area contributed by atoms with E-state index in [-0.39, 0.29) is 17.9 Å². The van der Waals surface area contributed by atoms with E-state index in [1.54, 1.807) is 0 Å². The molecule has 1 aliphatic heterocycles. The highest BCUT2D eigenvalue weighted by Crippen LogP contribution is 2.42. The molecule has 0 radical (unpaired) electrons. The van der Waals surface area contributed by atoms with Crippen LogP contribution < -0.4 is 10.6 Å². The molecule has 0 aromatic heterocycles. The summed E-state index contributed by atoms with van der Waals surface area (Å²) in [6.07, 6.45) is 6.57. The number of benzene rings is 1. The van der Waals surface area contributed by atoms with Crippen LogP contribution in [0.4, 0.5) is 0 Å². The minimum absolute atomic E-state index is 0. The van der Waals surface area contributed by atoms with Gasteiger partial charge in [0.15, 0.2) is 0 Å². The van der Waals surface area contributed by atoms with Crippen LogP contribution in [-0.4, -0.2) is 19.6 Å². The molecule has 4 heteroatoms. The van der Waals surface area contributed by atoms with E-state index >= 15 is 0 Å². The van der Waals surface area contributed by atoms with Gasteiger partial charge in [-0.15, -0.1) is 12.4 Å². The Kier molecular flexibility index (Phi) is 5.91. The largest absolute Gasteiger partial charge is 0.317 e. The van der Waals surface area contributed by atoms with Gasteiger partial charge < -0.3 is 10.6 Å². The second-order valence-corrected chi connectivity index (χ2v) is 6.94. The molecule has 1 heterocycles. The number of halogens is 2. The highest BCUT2D eigenvalue weighted by atomic mass is 79.9. The standard InChI is InChI=1S/C16H23BrN2.ClH/c17-15-4-1-3-14(11-15)16(7-2-8-16)19-12-13-5-9-18-10-6-13;/h1,3-4,11,13,18-19H,2,5-10,12H2;1H. The summed E-state index contributed by atoms with van der Waals surface area (Å²) in [5.74, 6) is 0.853. The molecule has 0 amide bonds. The summed E-state index contributed by atoms with van der Waals surface area (Å²) in [5.41, 5.74) is 1.72. The minimum atomic E-state index is 0. The summed E-state index contributed by atoms with van der Waals surface area (Å²) < 4.78 is 1.19. The maximum Gasteiger partial charge on any atom is 0.0435 e. The van der Waals surface area contributed by atoms with E-state index in [4.69, 9.17) is 0 Å². The lowest BCUT2D eigenvalue weighted by atomic mass is 9.71. The average molecular weight is 360 g/mol. The maximum absolute atomic E-state index is 3.90. The van der Waals surface area contributed by atoms with E-state index < -0.39 is 0 Å². The van der Waals surface area contributed by atoms with Crippen molar-refractivity contribution >= 4 is 28.3 Å². The highest BCUT2D eigenvalue weighted by Gasteiger charge is 2.38. The van der Waals surface area contributed by atoms with E-state index in [1.807, 2.05) is 0 Å². The fourth-order valence-corrected chi connectivity index (χ4v) is 3.71. The lowest BCUT2D eigenvalue weighted by Crippen LogP contribution is -2.50. The molecular weight excluding hydrogens is 336 g/mol. The van der Waals surface area contributed by atoms with Gasteiger partial charge in [0.1, 0.15) is 0 Å². The molecule has 2 N–H and O–H groups in total. The fourth-order valence-electron chi connectivity index (χ4n) is 3.31. The Hall–Kier alpha value is -0.0900. The van der Waals surface area contributed by atoms with Gasteiger partial charge in [0.05, 0.1) is 0 Å². The average Bonchev–Trinajstić information content (AvgIpc) is 2.39. The third-order valence-corrected chi connectivity index (χ3v) is 5.27. The molecule has 2 fully saturated rings. The molecule has 1 aromatic rings. The molecule has 2 aliphatic rings. The predicted molar refractivity (Wildman–Crippen MR) is 90.5 cm³/mol. The van der Waals surface area contributed by atoms with Crippen LogP contribution in [0.3, 0.4) is 0 Å². The summed E-state index contributed by atoms with van der Waals surface area (Å²) in [4.78, 5) is 0. The smallest absolute Gasteiger partial charge is 0.0435 e. The fraction of sp³-hybridized carbons (Fsp3) is 0.625. The van der Waals surface area contributed by atoms with Crippen molar-refractivity contribution in [1.29, 1.82) is 0 Å². The zero-order valence-corrected chi connectivity index (χ0v) is 14.2. The van der Waals surface area contributed by atoms with Crippen molar-refractivity contribution in [2.75, 3.05) is 19.6 Å². The molecule has 0 bridgehead atoms. The summed E-state index contributed by atoms with van der Waals surface area (Å²) in [6, 6.07) is 8.84. The SMILES string of the molecule is Brc1cccc(C2(NCC3CCNCC3)CCC2)c1.Cl. The summed E-state index contributed by atoms with van der Waals surface area (Å²) in [5, 5.41) is 7.34. The Bertz CT molecular complexity index is 428. The summed E-state index contributed by atoms with van der Waals surface area (Å²) in [7, 11) is 0. The van der Waals surface area contributed by atoms with Crippen molar-refractivity contribution in [3.63, 3.8) is 0 Å². The van der Waals surface area contributed by atoms with Crippen LogP contribution in [0.5, 0.6) is 0 Å². The second kappa shape index (κ2) is 7.26. The van der Waals surface area contributed by atoms with Crippen LogP contribution in [0.25, 0.3) is 0 Å².